The number of rotatable bonds is 4. The van der Waals surface area contributed by atoms with Crippen LogP contribution in [0.3, 0.4) is 0 Å². The van der Waals surface area contributed by atoms with Gasteiger partial charge in [0.05, 0.1) is 4.90 Å². The second kappa shape index (κ2) is 6.03. The predicted molar refractivity (Wildman–Crippen MR) is 87.3 cm³/mol. The number of aromatic carboxylic acids is 1. The van der Waals surface area contributed by atoms with Gasteiger partial charge >= 0.3 is 5.97 Å². The van der Waals surface area contributed by atoms with Crippen LogP contribution in [0.5, 0.6) is 0 Å². The molecule has 0 bridgehead atoms. The van der Waals surface area contributed by atoms with Crippen LogP contribution in [0.4, 0.5) is 0 Å². The molecule has 7 nitrogen and oxygen atoms in total. The van der Waals surface area contributed by atoms with Crippen LogP contribution in [0.15, 0.2) is 29.2 Å². The van der Waals surface area contributed by atoms with Crippen LogP contribution in [0, 0.1) is 0 Å². The summed E-state index contributed by atoms with van der Waals surface area (Å²) in [5.74, 6) is -1.14. The molecule has 2 heterocycles. The van der Waals surface area contributed by atoms with Gasteiger partial charge in [-0.1, -0.05) is 19.1 Å². The van der Waals surface area contributed by atoms with E-state index in [0.717, 1.165) is 17.7 Å². The van der Waals surface area contributed by atoms with Crippen LogP contribution in [-0.4, -0.2) is 40.1 Å². The standard InChI is InChI=1S/C16H19N3O4S/c1-3-11-4-6-12(7-5-11)24(22,23)19-9-8-14-13(10-19)15(16(20)21)17-18(14)2/h4-7H,3,8-10H2,1-2H3,(H,20,21). The van der Waals surface area contributed by atoms with Crippen LogP contribution in [0.1, 0.15) is 34.2 Å². The lowest BCUT2D eigenvalue weighted by Crippen LogP contribution is -2.36. The molecule has 0 spiro atoms. The van der Waals surface area contributed by atoms with Gasteiger partial charge in [0.15, 0.2) is 5.69 Å². The number of sulfonamides is 1. The van der Waals surface area contributed by atoms with E-state index in [1.54, 1.807) is 31.3 Å². The summed E-state index contributed by atoms with van der Waals surface area (Å²) in [7, 11) is -1.98. The number of nitrogens with zero attached hydrogens (tertiary/aromatic N) is 3. The van der Waals surface area contributed by atoms with Crippen molar-refractivity contribution in [2.24, 2.45) is 7.05 Å². The molecule has 0 unspecified atom stereocenters. The van der Waals surface area contributed by atoms with Gasteiger partial charge < -0.3 is 5.11 Å². The van der Waals surface area contributed by atoms with E-state index in [0.29, 0.717) is 18.5 Å². The number of hydrogen-bond acceptors (Lipinski definition) is 4. The molecule has 1 aromatic carbocycles. The maximum Gasteiger partial charge on any atom is 0.356 e. The van der Waals surface area contributed by atoms with E-state index >= 15 is 0 Å². The van der Waals surface area contributed by atoms with Gasteiger partial charge in [-0.15, -0.1) is 0 Å². The molecule has 1 aliphatic rings. The molecule has 1 N–H and O–H groups in total. The van der Waals surface area contributed by atoms with Crippen molar-refractivity contribution in [1.82, 2.24) is 14.1 Å². The molecule has 24 heavy (non-hydrogen) atoms. The molecule has 0 saturated heterocycles. The second-order valence-electron chi connectivity index (χ2n) is 5.79. The Balaban J connectivity index is 1.95. The van der Waals surface area contributed by atoms with Crippen LogP contribution in [0.2, 0.25) is 0 Å². The van der Waals surface area contributed by atoms with E-state index in [4.69, 9.17) is 0 Å². The Kier molecular flexibility index (Phi) is 4.18. The average molecular weight is 349 g/mol. The summed E-state index contributed by atoms with van der Waals surface area (Å²) < 4.78 is 28.5. The van der Waals surface area contributed by atoms with Gasteiger partial charge in [-0.25, -0.2) is 13.2 Å². The number of aryl methyl sites for hydroxylation is 2. The molecule has 2 aromatic rings. The molecule has 1 aromatic heterocycles. The predicted octanol–water partition coefficient (Wildman–Crippen LogP) is 1.43. The fourth-order valence-electron chi connectivity index (χ4n) is 2.99. The third-order valence-corrected chi connectivity index (χ3v) is 6.24. The first-order valence-corrected chi connectivity index (χ1v) is 9.15. The molecular formula is C16H19N3O4S. The highest BCUT2D eigenvalue weighted by atomic mass is 32.2. The molecular weight excluding hydrogens is 330 g/mol. The molecule has 8 heteroatoms. The summed E-state index contributed by atoms with van der Waals surface area (Å²) in [4.78, 5) is 11.6. The average Bonchev–Trinajstić information content (AvgIpc) is 2.91. The summed E-state index contributed by atoms with van der Waals surface area (Å²) in [6.45, 7) is 2.34. The van der Waals surface area contributed by atoms with Crippen molar-refractivity contribution in [2.45, 2.75) is 31.2 Å². The Labute approximate surface area is 140 Å². The number of hydrogen-bond donors (Lipinski definition) is 1. The normalized spacial score (nSPS) is 15.2. The van der Waals surface area contributed by atoms with Crippen molar-refractivity contribution in [3.8, 4) is 0 Å². The van der Waals surface area contributed by atoms with Crippen molar-refractivity contribution in [3.05, 3.63) is 46.8 Å². The third-order valence-electron chi connectivity index (χ3n) is 4.38. The highest BCUT2D eigenvalue weighted by molar-refractivity contribution is 7.89. The van der Waals surface area contributed by atoms with Gasteiger partial charge in [0.25, 0.3) is 0 Å². The fraction of sp³-hybridized carbons (Fsp3) is 0.375. The highest BCUT2D eigenvalue weighted by Gasteiger charge is 2.33. The third kappa shape index (κ3) is 2.71. The minimum absolute atomic E-state index is 0.0304. The Bertz CT molecular complexity index is 885. The van der Waals surface area contributed by atoms with Crippen molar-refractivity contribution in [3.63, 3.8) is 0 Å². The Morgan fingerprint density at radius 3 is 2.54 bits per heavy atom. The number of carbonyl (C=O) groups is 1. The molecule has 0 aliphatic carbocycles. The van der Waals surface area contributed by atoms with Crippen molar-refractivity contribution in [1.29, 1.82) is 0 Å². The quantitative estimate of drug-likeness (QED) is 0.901. The number of aromatic nitrogens is 2. The van der Waals surface area contributed by atoms with Gasteiger partial charge in [0, 0.05) is 37.8 Å². The summed E-state index contributed by atoms with van der Waals surface area (Å²) in [5, 5.41) is 13.3. The van der Waals surface area contributed by atoms with Crippen LogP contribution in [0.25, 0.3) is 0 Å². The topological polar surface area (TPSA) is 92.5 Å². The Hall–Kier alpha value is -2.19. The maximum absolute atomic E-state index is 12.8. The smallest absolute Gasteiger partial charge is 0.356 e. The minimum atomic E-state index is -3.66. The number of benzene rings is 1. The first-order chi connectivity index (χ1) is 11.3. The monoisotopic (exact) mass is 349 g/mol. The SMILES string of the molecule is CCc1ccc(S(=O)(=O)N2CCc3c(c(C(=O)O)nn3C)C2)cc1. The van der Waals surface area contributed by atoms with E-state index in [-0.39, 0.29) is 17.1 Å². The largest absolute Gasteiger partial charge is 0.476 e. The Morgan fingerprint density at radius 1 is 1.29 bits per heavy atom. The van der Waals surface area contributed by atoms with Crippen LogP contribution < -0.4 is 0 Å². The lowest BCUT2D eigenvalue weighted by Gasteiger charge is -2.26. The second-order valence-corrected chi connectivity index (χ2v) is 7.73. The van der Waals surface area contributed by atoms with Gasteiger partial charge in [-0.2, -0.15) is 9.40 Å². The molecule has 0 fully saturated rings. The highest BCUT2D eigenvalue weighted by Crippen LogP contribution is 2.27. The van der Waals surface area contributed by atoms with E-state index in [9.17, 15) is 18.3 Å². The maximum atomic E-state index is 12.8. The first-order valence-electron chi connectivity index (χ1n) is 7.71. The van der Waals surface area contributed by atoms with Crippen molar-refractivity contribution < 1.29 is 18.3 Å². The fourth-order valence-corrected chi connectivity index (χ4v) is 4.40. The summed E-state index contributed by atoms with van der Waals surface area (Å²) in [6.07, 6.45) is 1.28. The minimum Gasteiger partial charge on any atom is -0.476 e. The lowest BCUT2D eigenvalue weighted by molar-refractivity contribution is 0.0687. The number of fused-ring (bicyclic) bond motifs is 1. The Morgan fingerprint density at radius 2 is 1.96 bits per heavy atom. The zero-order valence-electron chi connectivity index (χ0n) is 13.6. The zero-order chi connectivity index (χ0) is 17.5. The molecule has 128 valence electrons. The van der Waals surface area contributed by atoms with Crippen molar-refractivity contribution in [2.75, 3.05) is 6.54 Å². The lowest BCUT2D eigenvalue weighted by atomic mass is 10.1. The van der Waals surface area contributed by atoms with E-state index < -0.39 is 16.0 Å². The molecule has 1 aliphatic heterocycles. The summed E-state index contributed by atoms with van der Waals surface area (Å²) in [6, 6.07) is 6.81. The van der Waals surface area contributed by atoms with Gasteiger partial charge in [-0.3, -0.25) is 4.68 Å². The molecule has 3 rings (SSSR count). The number of carboxylic acids is 1. The van der Waals surface area contributed by atoms with Gasteiger partial charge in [-0.05, 0) is 24.1 Å². The van der Waals surface area contributed by atoms with Gasteiger partial charge in [0.2, 0.25) is 10.0 Å². The van der Waals surface area contributed by atoms with Crippen molar-refractivity contribution >= 4 is 16.0 Å². The molecule has 0 amide bonds. The van der Waals surface area contributed by atoms with E-state index in [2.05, 4.69) is 5.10 Å². The summed E-state index contributed by atoms with van der Waals surface area (Å²) >= 11 is 0. The van der Waals surface area contributed by atoms with E-state index in [1.165, 1.54) is 8.99 Å². The zero-order valence-corrected chi connectivity index (χ0v) is 14.4. The van der Waals surface area contributed by atoms with Crippen LogP contribution >= 0.6 is 0 Å². The molecule has 0 radical (unpaired) electrons. The van der Waals surface area contributed by atoms with Crippen LogP contribution in [-0.2, 0) is 36.5 Å². The molecule has 0 saturated carbocycles. The molecule has 0 atom stereocenters. The first kappa shape index (κ1) is 16.7. The van der Waals surface area contributed by atoms with Gasteiger partial charge in [0.1, 0.15) is 0 Å². The summed E-state index contributed by atoms with van der Waals surface area (Å²) in [5.41, 5.74) is 2.24. The number of carboxylic acid groups (broad SMARTS) is 1. The van der Waals surface area contributed by atoms with E-state index in [1.807, 2.05) is 6.92 Å².